The maximum Gasteiger partial charge on any atom is 0.249 e. The van der Waals surface area contributed by atoms with Crippen LogP contribution in [-0.4, -0.2) is 46.6 Å². The van der Waals surface area contributed by atoms with E-state index in [0.717, 1.165) is 37.0 Å². The number of nitrogens with zero attached hydrogens (tertiary/aromatic N) is 3. The van der Waals surface area contributed by atoms with E-state index in [4.69, 9.17) is 4.74 Å². The number of carbonyl (C=O) groups excluding carboxylic acids is 2. The smallest absolute Gasteiger partial charge is 0.249 e. The van der Waals surface area contributed by atoms with Gasteiger partial charge < -0.3 is 9.64 Å². The van der Waals surface area contributed by atoms with Crippen LogP contribution in [0.15, 0.2) is 24.3 Å². The first-order valence-corrected chi connectivity index (χ1v) is 10.5. The molecule has 2 aromatic rings. The van der Waals surface area contributed by atoms with Crippen LogP contribution in [0, 0.1) is 0 Å². The predicted molar refractivity (Wildman–Crippen MR) is 109 cm³/mol. The average Bonchev–Trinajstić information content (AvgIpc) is 3.38. The third-order valence-electron chi connectivity index (χ3n) is 4.84. The van der Waals surface area contributed by atoms with Gasteiger partial charge in [0.25, 0.3) is 0 Å². The van der Waals surface area contributed by atoms with Crippen LogP contribution in [0.5, 0.6) is 5.75 Å². The van der Waals surface area contributed by atoms with Gasteiger partial charge in [-0.25, -0.2) is 0 Å². The maximum absolute atomic E-state index is 12.7. The van der Waals surface area contributed by atoms with E-state index in [2.05, 4.69) is 22.4 Å². The van der Waals surface area contributed by atoms with Crippen molar-refractivity contribution in [3.8, 4) is 16.3 Å². The van der Waals surface area contributed by atoms with Gasteiger partial charge in [0.2, 0.25) is 16.9 Å². The van der Waals surface area contributed by atoms with E-state index in [1.54, 1.807) is 12.0 Å². The Morgan fingerprint density at radius 3 is 2.96 bits per heavy atom. The number of aromatic nitrogens is 2. The molecular formula is C20H26N4O3S. The minimum atomic E-state index is -0.418. The molecule has 0 spiro atoms. The zero-order valence-corrected chi connectivity index (χ0v) is 17.1. The van der Waals surface area contributed by atoms with Gasteiger partial charge in [-0.05, 0) is 31.4 Å². The van der Waals surface area contributed by atoms with Gasteiger partial charge in [0.15, 0.2) is 0 Å². The molecule has 0 aliphatic carbocycles. The number of methoxy groups -OCH3 is 1. The molecule has 1 aromatic carbocycles. The molecule has 1 aliphatic rings. The van der Waals surface area contributed by atoms with E-state index in [0.29, 0.717) is 29.5 Å². The third-order valence-corrected chi connectivity index (χ3v) is 5.73. The quantitative estimate of drug-likeness (QED) is 0.680. The van der Waals surface area contributed by atoms with Crippen LogP contribution < -0.4 is 10.1 Å². The normalized spacial score (nSPS) is 16.2. The summed E-state index contributed by atoms with van der Waals surface area (Å²) in [6.45, 7) is 2.76. The van der Waals surface area contributed by atoms with Gasteiger partial charge in [0.05, 0.1) is 7.11 Å². The van der Waals surface area contributed by atoms with Crippen molar-refractivity contribution in [3.63, 3.8) is 0 Å². The van der Waals surface area contributed by atoms with Crippen LogP contribution in [-0.2, 0) is 9.59 Å². The van der Waals surface area contributed by atoms with E-state index in [-0.39, 0.29) is 11.8 Å². The van der Waals surface area contributed by atoms with Crippen LogP contribution in [0.4, 0.5) is 5.13 Å². The molecule has 7 nitrogen and oxygen atoms in total. The van der Waals surface area contributed by atoms with Crippen molar-refractivity contribution >= 4 is 28.3 Å². The van der Waals surface area contributed by atoms with Gasteiger partial charge >= 0.3 is 0 Å². The highest BCUT2D eigenvalue weighted by Gasteiger charge is 2.34. The number of ether oxygens (including phenoxy) is 1. The van der Waals surface area contributed by atoms with Crippen molar-refractivity contribution in [2.24, 2.45) is 0 Å². The SMILES string of the molecule is CCCCCC(=O)N1CCCC1C(=O)Nc1nnc(-c2cccc(OC)c2)s1. The number of nitrogens with one attached hydrogen (secondary N) is 1. The number of carbonyl (C=O) groups is 2. The molecule has 0 saturated carbocycles. The molecule has 2 amide bonds. The molecule has 150 valence electrons. The fourth-order valence-electron chi connectivity index (χ4n) is 3.34. The number of hydrogen-bond acceptors (Lipinski definition) is 6. The number of likely N-dealkylation sites (tertiary alicyclic amines) is 1. The summed E-state index contributed by atoms with van der Waals surface area (Å²) in [6, 6.07) is 7.12. The average molecular weight is 403 g/mol. The minimum absolute atomic E-state index is 0.0698. The zero-order valence-electron chi connectivity index (χ0n) is 16.3. The second kappa shape index (κ2) is 9.64. The molecule has 1 atom stereocenters. The summed E-state index contributed by atoms with van der Waals surface area (Å²) in [5, 5.41) is 12.2. The third kappa shape index (κ3) is 4.86. The summed E-state index contributed by atoms with van der Waals surface area (Å²) in [6.07, 6.45) is 5.03. The molecule has 1 fully saturated rings. The number of hydrogen-bond donors (Lipinski definition) is 1. The first-order chi connectivity index (χ1) is 13.6. The second-order valence-corrected chi connectivity index (χ2v) is 7.81. The van der Waals surface area contributed by atoms with Crippen molar-refractivity contribution in [1.29, 1.82) is 0 Å². The summed E-state index contributed by atoms with van der Waals surface area (Å²) in [5.41, 5.74) is 0.881. The Morgan fingerprint density at radius 1 is 1.32 bits per heavy atom. The number of benzene rings is 1. The number of anilines is 1. The summed E-state index contributed by atoms with van der Waals surface area (Å²) in [7, 11) is 1.61. The minimum Gasteiger partial charge on any atom is -0.497 e. The topological polar surface area (TPSA) is 84.4 Å². The first-order valence-electron chi connectivity index (χ1n) is 9.70. The van der Waals surface area contributed by atoms with E-state index in [9.17, 15) is 9.59 Å². The Hall–Kier alpha value is -2.48. The highest BCUT2D eigenvalue weighted by atomic mass is 32.1. The lowest BCUT2D eigenvalue weighted by molar-refractivity contribution is -0.136. The summed E-state index contributed by atoms with van der Waals surface area (Å²) >= 11 is 1.31. The Labute approximate surface area is 169 Å². The van der Waals surface area contributed by atoms with Crippen molar-refractivity contribution in [3.05, 3.63) is 24.3 Å². The number of rotatable bonds is 8. The Balaban J connectivity index is 1.62. The van der Waals surface area contributed by atoms with Gasteiger partial charge in [0, 0.05) is 18.5 Å². The monoisotopic (exact) mass is 402 g/mol. The van der Waals surface area contributed by atoms with E-state index in [1.807, 2.05) is 24.3 Å². The van der Waals surface area contributed by atoms with Gasteiger partial charge in [-0.15, -0.1) is 10.2 Å². The molecule has 1 unspecified atom stereocenters. The van der Waals surface area contributed by atoms with Crippen LogP contribution in [0.1, 0.15) is 45.4 Å². The van der Waals surface area contributed by atoms with Gasteiger partial charge in [0.1, 0.15) is 16.8 Å². The molecule has 1 aromatic heterocycles. The zero-order chi connectivity index (χ0) is 19.9. The fraction of sp³-hybridized carbons (Fsp3) is 0.500. The second-order valence-electron chi connectivity index (χ2n) is 6.84. The van der Waals surface area contributed by atoms with Crippen molar-refractivity contribution in [2.75, 3.05) is 19.0 Å². The fourth-order valence-corrected chi connectivity index (χ4v) is 4.09. The summed E-state index contributed by atoms with van der Waals surface area (Å²) < 4.78 is 5.23. The lowest BCUT2D eigenvalue weighted by Gasteiger charge is -2.23. The molecule has 28 heavy (non-hydrogen) atoms. The van der Waals surface area contributed by atoms with Crippen LogP contribution in [0.3, 0.4) is 0 Å². The molecule has 8 heteroatoms. The van der Waals surface area contributed by atoms with Crippen molar-refractivity contribution in [1.82, 2.24) is 15.1 Å². The molecule has 0 bridgehead atoms. The van der Waals surface area contributed by atoms with Crippen LogP contribution in [0.2, 0.25) is 0 Å². The highest BCUT2D eigenvalue weighted by molar-refractivity contribution is 7.18. The molecule has 3 rings (SSSR count). The molecule has 1 N–H and O–H groups in total. The van der Waals surface area contributed by atoms with Crippen molar-refractivity contribution in [2.45, 2.75) is 51.5 Å². The Bertz CT molecular complexity index is 823. The van der Waals surface area contributed by atoms with Crippen molar-refractivity contribution < 1.29 is 14.3 Å². The molecule has 1 saturated heterocycles. The standard InChI is InChI=1S/C20H26N4O3S/c1-3-4-5-11-17(25)24-12-7-10-16(24)18(26)21-20-23-22-19(28-20)14-8-6-9-15(13-14)27-2/h6,8-9,13,16H,3-5,7,10-12H2,1-2H3,(H,21,23,26). The highest BCUT2D eigenvalue weighted by Crippen LogP contribution is 2.29. The molecular weight excluding hydrogens is 376 g/mol. The lowest BCUT2D eigenvalue weighted by Crippen LogP contribution is -2.43. The predicted octanol–water partition coefficient (Wildman–Crippen LogP) is 3.72. The Kier molecular flexibility index (Phi) is 6.97. The van der Waals surface area contributed by atoms with Crippen LogP contribution in [0.25, 0.3) is 10.6 Å². The van der Waals surface area contributed by atoms with E-state index >= 15 is 0 Å². The van der Waals surface area contributed by atoms with Gasteiger partial charge in [-0.2, -0.15) is 0 Å². The summed E-state index contributed by atoms with van der Waals surface area (Å²) in [4.78, 5) is 26.9. The van der Waals surface area contributed by atoms with E-state index in [1.165, 1.54) is 11.3 Å². The molecule has 1 aliphatic heterocycles. The molecule has 0 radical (unpaired) electrons. The van der Waals surface area contributed by atoms with Gasteiger partial charge in [-0.1, -0.05) is 43.2 Å². The Morgan fingerprint density at radius 2 is 2.18 bits per heavy atom. The lowest BCUT2D eigenvalue weighted by atomic mass is 10.1. The number of unbranched alkanes of at least 4 members (excludes halogenated alkanes) is 2. The first kappa shape index (κ1) is 20.3. The van der Waals surface area contributed by atoms with E-state index < -0.39 is 6.04 Å². The largest absolute Gasteiger partial charge is 0.497 e. The van der Waals surface area contributed by atoms with Crippen LogP contribution >= 0.6 is 11.3 Å². The summed E-state index contributed by atoms with van der Waals surface area (Å²) in [5.74, 6) is 0.622. The van der Waals surface area contributed by atoms with Gasteiger partial charge in [-0.3, -0.25) is 14.9 Å². The number of amides is 2. The molecule has 2 heterocycles. The maximum atomic E-state index is 12.7.